The largest absolute Gasteiger partial charge is 0.502 e. The van der Waals surface area contributed by atoms with Gasteiger partial charge in [0.1, 0.15) is 0 Å². The molecule has 2 aromatic rings. The molecule has 0 fully saturated rings. The van der Waals surface area contributed by atoms with Crippen molar-refractivity contribution in [1.82, 2.24) is 0 Å². The molecule has 6 heteroatoms. The highest BCUT2D eigenvalue weighted by Gasteiger charge is 2.18. The Labute approximate surface area is 100 Å². The number of hydrogen-bond donors (Lipinski definition) is 1. The van der Waals surface area contributed by atoms with Gasteiger partial charge in [-0.3, -0.25) is 14.9 Å². The first kappa shape index (κ1) is 11.3. The van der Waals surface area contributed by atoms with Crippen LogP contribution >= 0.6 is 11.3 Å². The fourth-order valence-corrected chi connectivity index (χ4v) is 2.05. The van der Waals surface area contributed by atoms with Gasteiger partial charge in [-0.15, -0.1) is 11.3 Å². The molecule has 0 atom stereocenters. The van der Waals surface area contributed by atoms with E-state index in [1.54, 1.807) is 17.5 Å². The Morgan fingerprint density at radius 2 is 2.12 bits per heavy atom. The second-order valence-corrected chi connectivity index (χ2v) is 4.21. The lowest BCUT2D eigenvalue weighted by Gasteiger charge is -2.00. The zero-order valence-electron chi connectivity index (χ0n) is 8.49. The van der Waals surface area contributed by atoms with Crippen LogP contribution in [0.15, 0.2) is 35.7 Å². The molecule has 0 unspecified atom stereocenters. The summed E-state index contributed by atoms with van der Waals surface area (Å²) in [5.74, 6) is -0.735. The third-order valence-electron chi connectivity index (χ3n) is 2.18. The molecule has 0 spiro atoms. The van der Waals surface area contributed by atoms with Crippen LogP contribution in [-0.4, -0.2) is 15.8 Å². The summed E-state index contributed by atoms with van der Waals surface area (Å²) in [7, 11) is 0. The number of nitrogens with zero attached hydrogens (tertiary/aromatic N) is 1. The van der Waals surface area contributed by atoms with E-state index in [-0.39, 0.29) is 11.3 Å². The minimum absolute atomic E-state index is 0.192. The molecule has 1 aromatic carbocycles. The second-order valence-electron chi connectivity index (χ2n) is 3.27. The number of nitro benzene ring substituents is 1. The van der Waals surface area contributed by atoms with Crippen molar-refractivity contribution < 1.29 is 14.8 Å². The maximum atomic E-state index is 11.9. The molecule has 86 valence electrons. The van der Waals surface area contributed by atoms with Crippen molar-refractivity contribution in [2.24, 2.45) is 0 Å². The highest BCUT2D eigenvalue weighted by atomic mass is 32.1. The Morgan fingerprint density at radius 1 is 1.35 bits per heavy atom. The first-order valence-electron chi connectivity index (χ1n) is 4.65. The van der Waals surface area contributed by atoms with Crippen LogP contribution in [0.5, 0.6) is 5.75 Å². The molecule has 2 rings (SSSR count). The van der Waals surface area contributed by atoms with Crippen LogP contribution in [0.25, 0.3) is 0 Å². The van der Waals surface area contributed by atoms with Crippen LogP contribution in [0.1, 0.15) is 15.2 Å². The topological polar surface area (TPSA) is 80.4 Å². The SMILES string of the molecule is O=C(c1ccc(O)c([N+](=O)[O-])c1)c1cccs1. The predicted molar refractivity (Wildman–Crippen MR) is 62.5 cm³/mol. The lowest BCUT2D eigenvalue weighted by molar-refractivity contribution is -0.385. The molecule has 1 aromatic heterocycles. The molecule has 0 aliphatic carbocycles. The lowest BCUT2D eigenvalue weighted by atomic mass is 10.1. The zero-order valence-corrected chi connectivity index (χ0v) is 9.31. The van der Waals surface area contributed by atoms with E-state index < -0.39 is 16.4 Å². The van der Waals surface area contributed by atoms with Crippen molar-refractivity contribution in [3.63, 3.8) is 0 Å². The molecule has 5 nitrogen and oxygen atoms in total. The number of nitro groups is 1. The summed E-state index contributed by atoms with van der Waals surface area (Å²) >= 11 is 1.26. The van der Waals surface area contributed by atoms with Crippen molar-refractivity contribution in [3.8, 4) is 5.75 Å². The molecule has 0 aliphatic rings. The quantitative estimate of drug-likeness (QED) is 0.515. The van der Waals surface area contributed by atoms with Gasteiger partial charge in [0.05, 0.1) is 9.80 Å². The molecule has 0 aliphatic heterocycles. The van der Waals surface area contributed by atoms with Gasteiger partial charge in [0, 0.05) is 11.6 Å². The third kappa shape index (κ3) is 2.16. The van der Waals surface area contributed by atoms with E-state index in [1.165, 1.54) is 17.4 Å². The van der Waals surface area contributed by atoms with Crippen molar-refractivity contribution >= 4 is 22.8 Å². The van der Waals surface area contributed by atoms with Gasteiger partial charge in [0.2, 0.25) is 5.78 Å². The highest BCUT2D eigenvalue weighted by Crippen LogP contribution is 2.27. The Bertz CT molecular complexity index is 577. The summed E-state index contributed by atoms with van der Waals surface area (Å²) in [5, 5.41) is 21.6. The monoisotopic (exact) mass is 249 g/mol. The van der Waals surface area contributed by atoms with E-state index in [2.05, 4.69) is 0 Å². The number of aromatic hydroxyl groups is 1. The predicted octanol–water partition coefficient (Wildman–Crippen LogP) is 2.59. The summed E-state index contributed by atoms with van der Waals surface area (Å²) in [6, 6.07) is 6.97. The first-order valence-corrected chi connectivity index (χ1v) is 5.53. The van der Waals surface area contributed by atoms with E-state index in [4.69, 9.17) is 0 Å². The molecular weight excluding hydrogens is 242 g/mol. The smallest absolute Gasteiger partial charge is 0.311 e. The van der Waals surface area contributed by atoms with Gasteiger partial charge >= 0.3 is 5.69 Å². The summed E-state index contributed by atoms with van der Waals surface area (Å²) < 4.78 is 0. The van der Waals surface area contributed by atoms with E-state index >= 15 is 0 Å². The lowest BCUT2D eigenvalue weighted by Crippen LogP contribution is -1.99. The van der Waals surface area contributed by atoms with Crippen molar-refractivity contribution in [2.45, 2.75) is 0 Å². The number of phenolic OH excluding ortho intramolecular Hbond substituents is 1. The van der Waals surface area contributed by atoms with Crippen molar-refractivity contribution in [3.05, 3.63) is 56.3 Å². The van der Waals surface area contributed by atoms with Crippen molar-refractivity contribution in [2.75, 3.05) is 0 Å². The molecule has 0 amide bonds. The fourth-order valence-electron chi connectivity index (χ4n) is 1.36. The molecule has 0 radical (unpaired) electrons. The van der Waals surface area contributed by atoms with Gasteiger partial charge in [-0.2, -0.15) is 0 Å². The number of hydrogen-bond acceptors (Lipinski definition) is 5. The minimum atomic E-state index is -0.722. The molecule has 1 N–H and O–H groups in total. The number of phenols is 1. The van der Waals surface area contributed by atoms with Crippen LogP contribution in [-0.2, 0) is 0 Å². The van der Waals surface area contributed by atoms with E-state index in [1.807, 2.05) is 0 Å². The number of benzene rings is 1. The molecule has 17 heavy (non-hydrogen) atoms. The van der Waals surface area contributed by atoms with Gasteiger partial charge in [-0.1, -0.05) is 6.07 Å². The number of carbonyl (C=O) groups is 1. The maximum absolute atomic E-state index is 11.9. The molecule has 0 saturated heterocycles. The first-order chi connectivity index (χ1) is 8.09. The van der Waals surface area contributed by atoms with Crippen LogP contribution in [0, 0.1) is 10.1 Å². The summed E-state index contributed by atoms with van der Waals surface area (Å²) in [5.41, 5.74) is -0.274. The average molecular weight is 249 g/mol. The normalized spacial score (nSPS) is 10.1. The number of thiophene rings is 1. The summed E-state index contributed by atoms with van der Waals surface area (Å²) in [4.78, 5) is 22.3. The zero-order chi connectivity index (χ0) is 12.4. The number of carbonyl (C=O) groups excluding carboxylic acids is 1. The van der Waals surface area contributed by atoms with E-state index in [0.717, 1.165) is 12.1 Å². The highest BCUT2D eigenvalue weighted by molar-refractivity contribution is 7.12. The minimum Gasteiger partial charge on any atom is -0.502 e. The van der Waals surface area contributed by atoms with Crippen LogP contribution in [0.3, 0.4) is 0 Å². The van der Waals surface area contributed by atoms with Gasteiger partial charge in [0.15, 0.2) is 5.75 Å². The maximum Gasteiger partial charge on any atom is 0.311 e. The van der Waals surface area contributed by atoms with Crippen LogP contribution in [0.2, 0.25) is 0 Å². The number of rotatable bonds is 3. The molecule has 0 bridgehead atoms. The van der Waals surface area contributed by atoms with Gasteiger partial charge in [0.25, 0.3) is 0 Å². The summed E-state index contributed by atoms with van der Waals surface area (Å²) in [6.07, 6.45) is 0. The molecular formula is C11H7NO4S. The molecule has 1 heterocycles. The second kappa shape index (κ2) is 4.34. The number of ketones is 1. The summed E-state index contributed by atoms with van der Waals surface area (Å²) in [6.45, 7) is 0. The van der Waals surface area contributed by atoms with E-state index in [9.17, 15) is 20.0 Å². The van der Waals surface area contributed by atoms with Crippen LogP contribution < -0.4 is 0 Å². The third-order valence-corrected chi connectivity index (χ3v) is 3.05. The van der Waals surface area contributed by atoms with Gasteiger partial charge in [-0.05, 0) is 23.6 Å². The molecule has 0 saturated carbocycles. The van der Waals surface area contributed by atoms with Gasteiger partial charge < -0.3 is 5.11 Å². The van der Waals surface area contributed by atoms with Crippen molar-refractivity contribution in [1.29, 1.82) is 0 Å². The van der Waals surface area contributed by atoms with E-state index in [0.29, 0.717) is 4.88 Å². The Morgan fingerprint density at radius 3 is 2.71 bits per heavy atom. The Balaban J connectivity index is 2.44. The Hall–Kier alpha value is -2.21. The Kier molecular flexibility index (Phi) is 2.88. The average Bonchev–Trinajstić information content (AvgIpc) is 2.81. The standard InChI is InChI=1S/C11H7NO4S/c13-9-4-3-7(6-8(9)12(15)16)11(14)10-2-1-5-17-10/h1-6,13H. The van der Waals surface area contributed by atoms with Gasteiger partial charge in [-0.25, -0.2) is 0 Å². The van der Waals surface area contributed by atoms with Crippen LogP contribution in [0.4, 0.5) is 5.69 Å². The fraction of sp³-hybridized carbons (Fsp3) is 0.